The van der Waals surface area contributed by atoms with Crippen molar-refractivity contribution in [3.8, 4) is 61.8 Å². The average Bonchev–Trinajstić information content (AvgIpc) is 1.61. The molecule has 0 fully saturated rings. The number of hydrogen-bond donors (Lipinski definition) is 0. The van der Waals surface area contributed by atoms with E-state index < -0.39 is 5.41 Å². The van der Waals surface area contributed by atoms with Gasteiger partial charge in [0.05, 0.1) is 5.41 Å². The van der Waals surface area contributed by atoms with Crippen LogP contribution < -0.4 is 14.5 Å². The number of rotatable bonds is 10. The topological polar surface area (TPSA) is 33.5 Å². The minimum atomic E-state index is -0.657. The molecule has 2 aliphatic rings. The number of aromatic nitrogens is 2. The van der Waals surface area contributed by atoms with E-state index in [-0.39, 0.29) is 31.9 Å². The van der Waals surface area contributed by atoms with E-state index in [1.807, 2.05) is 24.4 Å². The third kappa shape index (κ3) is 9.48. The first kappa shape index (κ1) is 55.3. The van der Waals surface area contributed by atoms with Crippen LogP contribution in [0.3, 0.4) is 0 Å². The average molecular weight is 1300 g/mol. The number of pyridine rings is 1. The van der Waals surface area contributed by atoms with Gasteiger partial charge in [-0.05, 0) is 125 Å². The second-order valence-corrected chi connectivity index (χ2v) is 24.8. The minimum Gasteiger partial charge on any atom is -0.509 e. The first-order valence-corrected chi connectivity index (χ1v) is 29.8. The molecule has 11 aromatic carbocycles. The Morgan fingerprint density at radius 1 is 0.425 bits per heavy atom. The van der Waals surface area contributed by atoms with Gasteiger partial charge in [-0.25, -0.2) is 4.98 Å². The molecular weight excluding hydrogens is 1240 g/mol. The summed E-state index contributed by atoms with van der Waals surface area (Å²) in [4.78, 5) is 9.83. The predicted molar refractivity (Wildman–Crippen MR) is 355 cm³/mol. The Hall–Kier alpha value is -9.54. The molecule has 0 unspecified atom stereocenters. The molecule has 0 atom stereocenters. The van der Waals surface area contributed by atoms with Crippen LogP contribution in [0, 0.1) is 18.8 Å². The van der Waals surface area contributed by atoms with Crippen molar-refractivity contribution >= 4 is 44.6 Å². The fourth-order valence-corrected chi connectivity index (χ4v) is 13.3. The molecular formula is C81H63N4OPt-3. The zero-order chi connectivity index (χ0) is 58.3. The predicted octanol–water partition coefficient (Wildman–Crippen LogP) is 20.9. The molecule has 3 heterocycles. The Morgan fingerprint density at radius 2 is 0.966 bits per heavy atom. The van der Waals surface area contributed by atoms with Gasteiger partial charge in [0.2, 0.25) is 0 Å². The van der Waals surface area contributed by atoms with Crippen LogP contribution in [0.15, 0.2) is 267 Å². The van der Waals surface area contributed by atoms with Gasteiger partial charge in [0.1, 0.15) is 5.82 Å². The van der Waals surface area contributed by atoms with Gasteiger partial charge in [-0.15, -0.1) is 48.1 Å². The first-order chi connectivity index (χ1) is 41.9. The number of ether oxygens (including phenoxy) is 1. The molecule has 5 nitrogen and oxygen atoms in total. The van der Waals surface area contributed by atoms with Crippen molar-refractivity contribution in [2.45, 2.75) is 57.8 Å². The molecule has 0 amide bonds. The van der Waals surface area contributed by atoms with Gasteiger partial charge in [-0.1, -0.05) is 235 Å². The van der Waals surface area contributed by atoms with E-state index in [1.165, 1.54) is 38.9 Å². The van der Waals surface area contributed by atoms with E-state index in [0.29, 0.717) is 11.5 Å². The summed E-state index contributed by atoms with van der Waals surface area (Å²) in [7, 11) is 0. The van der Waals surface area contributed by atoms with Crippen molar-refractivity contribution in [3.63, 3.8) is 0 Å². The zero-order valence-corrected chi connectivity index (χ0v) is 51.8. The van der Waals surface area contributed by atoms with Crippen LogP contribution >= 0.6 is 0 Å². The maximum Gasteiger partial charge on any atom is 0.135 e. The van der Waals surface area contributed by atoms with Crippen LogP contribution in [0.1, 0.15) is 74.9 Å². The molecule has 0 radical (unpaired) electrons. The quantitative estimate of drug-likeness (QED) is 0.128. The Balaban J connectivity index is 0.00000667. The van der Waals surface area contributed by atoms with Crippen molar-refractivity contribution in [3.05, 3.63) is 319 Å². The maximum atomic E-state index is 6.92. The fourth-order valence-electron chi connectivity index (χ4n) is 13.3. The largest absolute Gasteiger partial charge is 0.509 e. The molecule has 426 valence electrons. The number of anilines is 4. The molecule has 0 saturated carbocycles. The zero-order valence-electron chi connectivity index (χ0n) is 49.5. The van der Waals surface area contributed by atoms with Crippen LogP contribution in [0.25, 0.3) is 72.1 Å². The molecule has 0 spiro atoms. The second kappa shape index (κ2) is 21.8. The summed E-state index contributed by atoms with van der Waals surface area (Å²) < 4.78 is 9.18. The summed E-state index contributed by atoms with van der Waals surface area (Å²) in [5.41, 5.74) is 21.9. The standard InChI is InChI=1S/C81H63N4O.Pt/c1-79(2,3)59-47-60(80(4,5)6)49-61(48-59)81(71-36-19-16-33-65(71)66-34-17-20-37-72(66)81)58-43-44-82-77(50-58)85-73-38-21-18-35-67(73)68-42-41-64(52-76(68)85)86-63-32-24-31-62(51-63)83-53-84(75-40-23-22-39-74(75)83)78-69(55-27-12-8-13-28-55)45-57(54-25-10-7-11-26-54)46-70(78)56-29-14-9-15-30-56;/h7-50,53H,1-6H3;/q-3;. The van der Waals surface area contributed by atoms with E-state index in [4.69, 9.17) is 9.72 Å². The molecule has 1 aliphatic heterocycles. The number of fused-ring (bicyclic) bond motifs is 7. The van der Waals surface area contributed by atoms with Crippen LogP contribution in [0.4, 0.5) is 22.7 Å². The smallest absolute Gasteiger partial charge is 0.135 e. The maximum absolute atomic E-state index is 6.92. The first-order valence-electron chi connectivity index (χ1n) is 29.8. The number of benzene rings is 11. The van der Waals surface area contributed by atoms with E-state index in [9.17, 15) is 0 Å². The van der Waals surface area contributed by atoms with Crippen molar-refractivity contribution < 1.29 is 25.8 Å². The second-order valence-electron chi connectivity index (χ2n) is 24.8. The van der Waals surface area contributed by atoms with Crippen molar-refractivity contribution in [2.75, 3.05) is 9.80 Å². The molecule has 13 aromatic rings. The number of nitrogens with zero attached hydrogens (tertiary/aromatic N) is 4. The molecule has 15 rings (SSSR count). The molecule has 6 heteroatoms. The van der Waals surface area contributed by atoms with Crippen molar-refractivity contribution in [1.29, 1.82) is 0 Å². The van der Waals surface area contributed by atoms with E-state index in [1.54, 1.807) is 0 Å². The number of para-hydroxylation sites is 3. The van der Waals surface area contributed by atoms with Gasteiger partial charge >= 0.3 is 0 Å². The van der Waals surface area contributed by atoms with E-state index >= 15 is 0 Å². The summed E-state index contributed by atoms with van der Waals surface area (Å²) >= 11 is 0. The van der Waals surface area contributed by atoms with Gasteiger partial charge < -0.3 is 19.1 Å². The van der Waals surface area contributed by atoms with Crippen molar-refractivity contribution in [1.82, 2.24) is 9.55 Å². The van der Waals surface area contributed by atoms with Crippen LogP contribution in [0.5, 0.6) is 11.5 Å². The molecule has 0 bridgehead atoms. The fraction of sp³-hybridized carbons (Fsp3) is 0.111. The molecule has 2 aromatic heterocycles. The normalized spacial score (nSPS) is 13.3. The van der Waals surface area contributed by atoms with Gasteiger partial charge in [0.15, 0.2) is 0 Å². The SMILES string of the molecule is CC(C)(C)c1cc(C(C)(C)C)cc(C2(c3ccnc(-n4c5[c-]c(Oc6[c-]c(N7[CH-]N(c8c(-c9ccccc9)cc(-c9ccccc9)cc8-c8ccccc8)c8ccccc87)ccc6)ccc5c5ccccc54)c3)c3ccccc3-c3ccccc32)c1.[Pt]. The van der Waals surface area contributed by atoms with Crippen LogP contribution in [-0.4, -0.2) is 9.55 Å². The minimum absolute atomic E-state index is 0. The summed E-state index contributed by atoms with van der Waals surface area (Å²) in [5, 5.41) is 2.17. The Labute approximate surface area is 525 Å². The summed E-state index contributed by atoms with van der Waals surface area (Å²) in [5.74, 6) is 1.94. The molecule has 87 heavy (non-hydrogen) atoms. The van der Waals surface area contributed by atoms with Gasteiger partial charge in [-0.3, -0.25) is 0 Å². The number of hydrogen-bond acceptors (Lipinski definition) is 4. The molecule has 0 saturated heterocycles. The summed E-state index contributed by atoms with van der Waals surface area (Å²) in [6, 6.07) is 102. The van der Waals surface area contributed by atoms with Crippen molar-refractivity contribution in [2.24, 2.45) is 0 Å². The monoisotopic (exact) mass is 1300 g/mol. The Bertz CT molecular complexity index is 4610. The van der Waals surface area contributed by atoms with Crippen LogP contribution in [0.2, 0.25) is 0 Å². The Kier molecular flexibility index (Phi) is 13.8. The molecule has 0 N–H and O–H groups in total. The van der Waals surface area contributed by atoms with E-state index in [0.717, 1.165) is 89.3 Å². The van der Waals surface area contributed by atoms with Crippen LogP contribution in [-0.2, 0) is 37.3 Å². The Morgan fingerprint density at radius 3 is 1.59 bits per heavy atom. The van der Waals surface area contributed by atoms with Gasteiger partial charge in [0, 0.05) is 72.5 Å². The molecule has 1 aliphatic carbocycles. The van der Waals surface area contributed by atoms with E-state index in [2.05, 4.69) is 317 Å². The summed E-state index contributed by atoms with van der Waals surface area (Å²) in [6.45, 7) is 16.2. The van der Waals surface area contributed by atoms with Gasteiger partial charge in [0.25, 0.3) is 0 Å². The van der Waals surface area contributed by atoms with Gasteiger partial charge in [-0.2, -0.15) is 12.1 Å². The summed E-state index contributed by atoms with van der Waals surface area (Å²) in [6.07, 6.45) is 2.00. The third-order valence-electron chi connectivity index (χ3n) is 17.5. The third-order valence-corrected chi connectivity index (χ3v) is 17.5.